The van der Waals surface area contributed by atoms with Crippen LogP contribution in [-0.4, -0.2) is 25.6 Å². The molecule has 3 rings (SSSR count). The van der Waals surface area contributed by atoms with Crippen LogP contribution in [0.15, 0.2) is 30.3 Å². The lowest BCUT2D eigenvalue weighted by Gasteiger charge is -2.03. The Hall–Kier alpha value is -2.50. The molecule has 3 aromatic rings. The molecule has 0 bridgehead atoms. The van der Waals surface area contributed by atoms with Gasteiger partial charge in [0, 0.05) is 5.39 Å². The van der Waals surface area contributed by atoms with Gasteiger partial charge >= 0.3 is 0 Å². The lowest BCUT2D eigenvalue weighted by Crippen LogP contribution is -1.96. The highest BCUT2D eigenvalue weighted by molar-refractivity contribution is 5.86. The Morgan fingerprint density at radius 2 is 2.06 bits per heavy atom. The highest BCUT2D eigenvalue weighted by Gasteiger charge is 2.08. The van der Waals surface area contributed by atoms with E-state index in [0.717, 1.165) is 10.9 Å². The molecule has 78 valence electrons. The second-order valence-electron chi connectivity index (χ2n) is 3.36. The third kappa shape index (κ3) is 1.28. The van der Waals surface area contributed by atoms with Crippen LogP contribution >= 0.6 is 0 Å². The van der Waals surface area contributed by atoms with Crippen LogP contribution in [0.4, 0.5) is 5.82 Å². The minimum atomic E-state index is 0.414. The van der Waals surface area contributed by atoms with E-state index in [1.165, 1.54) is 0 Å². The first kappa shape index (κ1) is 8.78. The molecule has 6 heteroatoms. The number of benzene rings is 1. The summed E-state index contributed by atoms with van der Waals surface area (Å²) in [6, 6.07) is 9.66. The van der Waals surface area contributed by atoms with Crippen molar-refractivity contribution >= 4 is 16.7 Å². The second kappa shape index (κ2) is 3.27. The summed E-state index contributed by atoms with van der Waals surface area (Å²) < 4.78 is 0. The maximum Gasteiger partial charge on any atom is 0.183 e. The highest BCUT2D eigenvalue weighted by atomic mass is 15.5. The van der Waals surface area contributed by atoms with Crippen molar-refractivity contribution in [2.45, 2.75) is 0 Å². The number of nitrogens with one attached hydrogen (secondary N) is 1. The van der Waals surface area contributed by atoms with Gasteiger partial charge in [0.1, 0.15) is 5.82 Å². The minimum absolute atomic E-state index is 0.414. The van der Waals surface area contributed by atoms with Crippen LogP contribution in [0.25, 0.3) is 22.3 Å². The molecule has 0 unspecified atom stereocenters. The Kier molecular flexibility index (Phi) is 1.79. The van der Waals surface area contributed by atoms with E-state index in [4.69, 9.17) is 5.73 Å². The van der Waals surface area contributed by atoms with E-state index in [1.807, 2.05) is 30.3 Å². The SMILES string of the molecule is Nc1nc2ccccc2cc1-c1nnn[nH]1. The fourth-order valence-electron chi connectivity index (χ4n) is 1.59. The number of nitrogens with two attached hydrogens (primary N) is 1. The fourth-order valence-corrected chi connectivity index (χ4v) is 1.59. The molecule has 16 heavy (non-hydrogen) atoms. The van der Waals surface area contributed by atoms with Gasteiger partial charge in [0.15, 0.2) is 5.82 Å². The van der Waals surface area contributed by atoms with Crippen molar-refractivity contribution in [3.63, 3.8) is 0 Å². The van der Waals surface area contributed by atoms with E-state index in [1.54, 1.807) is 0 Å². The molecule has 2 heterocycles. The lowest BCUT2D eigenvalue weighted by atomic mass is 10.1. The summed E-state index contributed by atoms with van der Waals surface area (Å²) >= 11 is 0. The molecule has 0 radical (unpaired) electrons. The molecule has 0 fully saturated rings. The first-order valence-corrected chi connectivity index (χ1v) is 4.74. The lowest BCUT2D eigenvalue weighted by molar-refractivity contribution is 0.881. The molecule has 3 N–H and O–H groups in total. The molecular weight excluding hydrogens is 204 g/mol. The smallest absolute Gasteiger partial charge is 0.183 e. The van der Waals surface area contributed by atoms with Crippen LogP contribution in [-0.2, 0) is 0 Å². The number of anilines is 1. The third-order valence-corrected chi connectivity index (χ3v) is 2.35. The van der Waals surface area contributed by atoms with Gasteiger partial charge < -0.3 is 5.73 Å². The Balaban J connectivity index is 2.30. The molecular formula is C10H8N6. The predicted molar refractivity (Wildman–Crippen MR) is 59.3 cm³/mol. The number of hydrogen-bond donors (Lipinski definition) is 2. The fraction of sp³-hybridized carbons (Fsp3) is 0. The van der Waals surface area contributed by atoms with Gasteiger partial charge in [-0.05, 0) is 22.6 Å². The van der Waals surface area contributed by atoms with Crippen molar-refractivity contribution < 1.29 is 0 Å². The summed E-state index contributed by atoms with van der Waals surface area (Å²) in [5.41, 5.74) is 7.42. The normalized spacial score (nSPS) is 10.8. The topological polar surface area (TPSA) is 93.4 Å². The minimum Gasteiger partial charge on any atom is -0.383 e. The highest BCUT2D eigenvalue weighted by Crippen LogP contribution is 2.24. The molecule has 2 aromatic heterocycles. The number of aromatic amines is 1. The number of rotatable bonds is 1. The molecule has 0 spiro atoms. The number of para-hydroxylation sites is 1. The number of hydrogen-bond acceptors (Lipinski definition) is 5. The summed E-state index contributed by atoms with van der Waals surface area (Å²) in [6.07, 6.45) is 0. The summed E-state index contributed by atoms with van der Waals surface area (Å²) in [6.45, 7) is 0. The number of fused-ring (bicyclic) bond motifs is 1. The quantitative estimate of drug-likeness (QED) is 0.627. The van der Waals surface area contributed by atoms with E-state index in [0.29, 0.717) is 17.2 Å². The second-order valence-corrected chi connectivity index (χ2v) is 3.36. The van der Waals surface area contributed by atoms with Crippen molar-refractivity contribution in [3.05, 3.63) is 30.3 Å². The first-order chi connectivity index (χ1) is 7.84. The van der Waals surface area contributed by atoms with Crippen molar-refractivity contribution in [2.75, 3.05) is 5.73 Å². The van der Waals surface area contributed by atoms with Crippen LogP contribution in [0.2, 0.25) is 0 Å². The molecule has 0 amide bonds. The molecule has 6 nitrogen and oxygen atoms in total. The number of nitrogen functional groups attached to an aromatic ring is 1. The predicted octanol–water partition coefficient (Wildman–Crippen LogP) is 0.997. The summed E-state index contributed by atoms with van der Waals surface area (Å²) in [5.74, 6) is 0.938. The van der Waals surface area contributed by atoms with Crippen LogP contribution in [0.1, 0.15) is 0 Å². The molecule has 0 saturated heterocycles. The number of nitrogens with zero attached hydrogens (tertiary/aromatic N) is 4. The van der Waals surface area contributed by atoms with Crippen LogP contribution < -0.4 is 5.73 Å². The van der Waals surface area contributed by atoms with E-state index in [-0.39, 0.29) is 0 Å². The molecule has 0 saturated carbocycles. The van der Waals surface area contributed by atoms with Crippen molar-refractivity contribution in [2.24, 2.45) is 0 Å². The summed E-state index contributed by atoms with van der Waals surface area (Å²) in [7, 11) is 0. The largest absolute Gasteiger partial charge is 0.383 e. The van der Waals surface area contributed by atoms with E-state index in [2.05, 4.69) is 25.6 Å². The third-order valence-electron chi connectivity index (χ3n) is 2.35. The molecule has 0 aliphatic carbocycles. The van der Waals surface area contributed by atoms with Gasteiger partial charge in [-0.25, -0.2) is 10.1 Å². The van der Waals surface area contributed by atoms with Gasteiger partial charge in [0.25, 0.3) is 0 Å². The maximum absolute atomic E-state index is 5.85. The first-order valence-electron chi connectivity index (χ1n) is 4.74. The Morgan fingerprint density at radius 3 is 2.88 bits per heavy atom. The van der Waals surface area contributed by atoms with Gasteiger partial charge in [0.2, 0.25) is 0 Å². The molecule has 0 aliphatic heterocycles. The average molecular weight is 212 g/mol. The molecule has 1 aromatic carbocycles. The Morgan fingerprint density at radius 1 is 1.19 bits per heavy atom. The van der Waals surface area contributed by atoms with Gasteiger partial charge in [0.05, 0.1) is 11.1 Å². The van der Waals surface area contributed by atoms with E-state index in [9.17, 15) is 0 Å². The van der Waals surface area contributed by atoms with Crippen molar-refractivity contribution in [3.8, 4) is 11.4 Å². The van der Waals surface area contributed by atoms with Crippen molar-refractivity contribution in [1.29, 1.82) is 0 Å². The zero-order valence-corrected chi connectivity index (χ0v) is 8.25. The number of H-pyrrole nitrogens is 1. The number of tetrazole rings is 1. The van der Waals surface area contributed by atoms with Gasteiger partial charge in [-0.3, -0.25) is 0 Å². The van der Waals surface area contributed by atoms with Gasteiger partial charge in [-0.1, -0.05) is 18.2 Å². The van der Waals surface area contributed by atoms with Crippen LogP contribution in [0.5, 0.6) is 0 Å². The Labute approximate surface area is 90.5 Å². The van der Waals surface area contributed by atoms with E-state index < -0.39 is 0 Å². The molecule has 0 aliphatic rings. The Bertz CT molecular complexity index is 631. The van der Waals surface area contributed by atoms with Crippen LogP contribution in [0, 0.1) is 0 Å². The van der Waals surface area contributed by atoms with E-state index >= 15 is 0 Å². The number of aromatic nitrogens is 5. The van der Waals surface area contributed by atoms with Crippen molar-refractivity contribution in [1.82, 2.24) is 25.6 Å². The zero-order valence-electron chi connectivity index (χ0n) is 8.25. The van der Waals surface area contributed by atoms with Crippen LogP contribution in [0.3, 0.4) is 0 Å². The summed E-state index contributed by atoms with van der Waals surface area (Å²) in [5, 5.41) is 14.5. The standard InChI is InChI=1S/C10H8N6/c11-9-7(10-13-15-16-14-10)5-6-3-1-2-4-8(6)12-9/h1-5H,(H2,11,12)(H,13,14,15,16). The zero-order chi connectivity index (χ0) is 11.0. The monoisotopic (exact) mass is 212 g/mol. The van der Waals surface area contributed by atoms with Gasteiger partial charge in [-0.15, -0.1) is 5.10 Å². The van der Waals surface area contributed by atoms with Gasteiger partial charge in [-0.2, -0.15) is 0 Å². The average Bonchev–Trinajstić information content (AvgIpc) is 2.81. The number of pyridine rings is 1. The molecule has 0 atom stereocenters. The summed E-state index contributed by atoms with van der Waals surface area (Å²) in [4.78, 5) is 4.29. The maximum atomic E-state index is 5.85.